The van der Waals surface area contributed by atoms with Crippen molar-refractivity contribution in [3.05, 3.63) is 65.6 Å². The van der Waals surface area contributed by atoms with E-state index < -0.39 is 5.97 Å². The number of carbonyl (C=O) groups excluding carboxylic acids is 1. The number of rotatable bonds is 8. The van der Waals surface area contributed by atoms with Gasteiger partial charge in [-0.1, -0.05) is 25.1 Å². The van der Waals surface area contributed by atoms with Gasteiger partial charge in [0.05, 0.1) is 11.3 Å². The van der Waals surface area contributed by atoms with Crippen LogP contribution in [-0.4, -0.2) is 44.4 Å². The monoisotopic (exact) mass is 381 g/mol. The zero-order valence-corrected chi connectivity index (χ0v) is 16.0. The van der Waals surface area contributed by atoms with Gasteiger partial charge in [-0.15, -0.1) is 0 Å². The number of hydrogen-bond acceptors (Lipinski definition) is 4. The smallest absolute Gasteiger partial charge is 0.323 e. The minimum absolute atomic E-state index is 0.206. The second kappa shape index (κ2) is 8.56. The number of nitrogens with zero attached hydrogens (tertiary/aromatic N) is 3. The highest BCUT2D eigenvalue weighted by Gasteiger charge is 2.21. The van der Waals surface area contributed by atoms with Crippen LogP contribution in [0, 0.1) is 6.92 Å². The summed E-state index contributed by atoms with van der Waals surface area (Å²) in [5.41, 5.74) is 3.01. The molecule has 7 nitrogen and oxygen atoms in total. The normalized spacial score (nSPS) is 10.8. The number of carbonyl (C=O) groups is 2. The molecular weight excluding hydrogens is 358 g/mol. The topological polar surface area (TPSA) is 84.1 Å². The first kappa shape index (κ1) is 19.4. The quantitative estimate of drug-likeness (QED) is 0.648. The molecule has 146 valence electrons. The van der Waals surface area contributed by atoms with Crippen molar-refractivity contribution in [1.82, 2.24) is 14.3 Å². The summed E-state index contributed by atoms with van der Waals surface area (Å²) < 4.78 is 7.81. The Balaban J connectivity index is 1.80. The highest BCUT2D eigenvalue weighted by Crippen LogP contribution is 2.22. The van der Waals surface area contributed by atoms with Crippen molar-refractivity contribution < 1.29 is 19.4 Å². The number of aryl methyl sites for hydroxylation is 1. The summed E-state index contributed by atoms with van der Waals surface area (Å²) in [6.45, 7) is 4.12. The molecule has 2 heterocycles. The highest BCUT2D eigenvalue weighted by molar-refractivity contribution is 5.98. The molecule has 2 aromatic heterocycles. The second-order valence-electron chi connectivity index (χ2n) is 6.56. The lowest BCUT2D eigenvalue weighted by Crippen LogP contribution is -2.36. The van der Waals surface area contributed by atoms with E-state index in [-0.39, 0.29) is 19.1 Å². The van der Waals surface area contributed by atoms with Gasteiger partial charge in [0.1, 0.15) is 24.5 Å². The fourth-order valence-corrected chi connectivity index (χ4v) is 3.05. The number of pyridine rings is 1. The minimum atomic E-state index is -1.04. The van der Waals surface area contributed by atoms with Gasteiger partial charge in [-0.3, -0.25) is 9.59 Å². The lowest BCUT2D eigenvalue weighted by atomic mass is 10.1. The molecule has 28 heavy (non-hydrogen) atoms. The zero-order chi connectivity index (χ0) is 20.1. The van der Waals surface area contributed by atoms with Crippen molar-refractivity contribution in [1.29, 1.82) is 0 Å². The number of aliphatic carboxylic acids is 1. The maximum atomic E-state index is 12.9. The molecule has 0 aliphatic heterocycles. The van der Waals surface area contributed by atoms with Gasteiger partial charge in [-0.25, -0.2) is 4.98 Å². The Bertz CT molecular complexity index is 996. The molecule has 7 heteroatoms. The molecule has 0 radical (unpaired) electrons. The van der Waals surface area contributed by atoms with Crippen LogP contribution in [0.4, 0.5) is 0 Å². The number of amides is 1. The number of hydrogen-bond donors (Lipinski definition) is 1. The first-order valence-electron chi connectivity index (χ1n) is 9.15. The van der Waals surface area contributed by atoms with Crippen LogP contribution >= 0.6 is 0 Å². The number of fused-ring (bicyclic) bond motifs is 1. The van der Waals surface area contributed by atoms with E-state index in [0.717, 1.165) is 16.9 Å². The van der Waals surface area contributed by atoms with Crippen LogP contribution in [0.15, 0.2) is 48.8 Å². The van der Waals surface area contributed by atoms with Gasteiger partial charge in [0.15, 0.2) is 0 Å². The zero-order valence-electron chi connectivity index (χ0n) is 16.0. The number of ether oxygens (including phenoxy) is 1. The van der Waals surface area contributed by atoms with Gasteiger partial charge in [0.2, 0.25) is 0 Å². The van der Waals surface area contributed by atoms with Crippen molar-refractivity contribution in [3.8, 4) is 5.75 Å². The van der Waals surface area contributed by atoms with E-state index in [1.165, 1.54) is 4.90 Å². The Morgan fingerprint density at radius 1 is 1.21 bits per heavy atom. The predicted octanol–water partition coefficient (Wildman–Crippen LogP) is 3.16. The number of aromatic nitrogens is 2. The Morgan fingerprint density at radius 2 is 2.00 bits per heavy atom. The maximum absolute atomic E-state index is 12.9. The Hall–Kier alpha value is -3.35. The van der Waals surface area contributed by atoms with E-state index in [0.29, 0.717) is 24.3 Å². The highest BCUT2D eigenvalue weighted by atomic mass is 16.5. The number of para-hydroxylation sites is 1. The molecule has 0 saturated carbocycles. The van der Waals surface area contributed by atoms with Crippen LogP contribution in [0.2, 0.25) is 0 Å². The van der Waals surface area contributed by atoms with Crippen LogP contribution in [0.3, 0.4) is 0 Å². The molecule has 0 aliphatic carbocycles. The van der Waals surface area contributed by atoms with Crippen molar-refractivity contribution in [2.24, 2.45) is 0 Å². The van der Waals surface area contributed by atoms with Crippen molar-refractivity contribution in [3.63, 3.8) is 0 Å². The van der Waals surface area contributed by atoms with Crippen molar-refractivity contribution >= 4 is 17.5 Å². The minimum Gasteiger partial charge on any atom is -0.486 e. The van der Waals surface area contributed by atoms with E-state index in [1.807, 2.05) is 42.8 Å². The van der Waals surface area contributed by atoms with Crippen LogP contribution in [0.1, 0.15) is 35.0 Å². The van der Waals surface area contributed by atoms with E-state index in [1.54, 1.807) is 24.3 Å². The fraction of sp³-hybridized carbons (Fsp3) is 0.286. The van der Waals surface area contributed by atoms with Gasteiger partial charge in [0, 0.05) is 18.9 Å². The fourth-order valence-electron chi connectivity index (χ4n) is 3.05. The van der Waals surface area contributed by atoms with E-state index >= 15 is 0 Å². The van der Waals surface area contributed by atoms with Gasteiger partial charge in [0.25, 0.3) is 5.91 Å². The van der Waals surface area contributed by atoms with E-state index in [2.05, 4.69) is 4.98 Å². The summed E-state index contributed by atoms with van der Waals surface area (Å²) in [5.74, 6) is -0.987. The largest absolute Gasteiger partial charge is 0.486 e. The average molecular weight is 381 g/mol. The number of benzene rings is 1. The van der Waals surface area contributed by atoms with Crippen molar-refractivity contribution in [2.75, 3.05) is 13.1 Å². The summed E-state index contributed by atoms with van der Waals surface area (Å²) in [7, 11) is 0. The van der Waals surface area contributed by atoms with E-state index in [9.17, 15) is 9.59 Å². The lowest BCUT2D eigenvalue weighted by molar-refractivity contribution is -0.137. The molecule has 1 amide bonds. The summed E-state index contributed by atoms with van der Waals surface area (Å²) >= 11 is 0. The molecule has 0 saturated heterocycles. The first-order chi connectivity index (χ1) is 13.5. The molecule has 3 aromatic rings. The molecule has 1 N–H and O–H groups in total. The standard InChI is InChI=1S/C21H23N3O4/c1-3-10-24(13-19(25)26)21(27)17-8-4-5-9-18(17)28-14-16-12-23-11-6-7-15(2)20(23)22-16/h4-9,11-12H,3,10,13-14H2,1-2H3,(H,25,26). The Kier molecular flexibility index (Phi) is 5.93. The van der Waals surface area contributed by atoms with E-state index in [4.69, 9.17) is 9.84 Å². The Morgan fingerprint density at radius 3 is 2.71 bits per heavy atom. The average Bonchev–Trinajstić information content (AvgIpc) is 3.10. The molecule has 0 fully saturated rings. The molecule has 3 rings (SSSR count). The third-order valence-corrected chi connectivity index (χ3v) is 4.33. The molecule has 0 unspecified atom stereocenters. The van der Waals surface area contributed by atoms with Crippen LogP contribution in [0.5, 0.6) is 5.75 Å². The maximum Gasteiger partial charge on any atom is 0.323 e. The summed E-state index contributed by atoms with van der Waals surface area (Å²) in [6, 6.07) is 10.8. The van der Waals surface area contributed by atoms with Gasteiger partial charge < -0.3 is 19.1 Å². The van der Waals surface area contributed by atoms with Crippen LogP contribution in [0.25, 0.3) is 5.65 Å². The molecule has 0 spiro atoms. The molecule has 1 aromatic carbocycles. The molecule has 0 bridgehead atoms. The predicted molar refractivity (Wildman–Crippen MR) is 105 cm³/mol. The lowest BCUT2D eigenvalue weighted by Gasteiger charge is -2.21. The van der Waals surface area contributed by atoms with Crippen LogP contribution in [-0.2, 0) is 11.4 Å². The van der Waals surface area contributed by atoms with Crippen molar-refractivity contribution in [2.45, 2.75) is 26.9 Å². The SMILES string of the molecule is CCCN(CC(=O)O)C(=O)c1ccccc1OCc1cn2cccc(C)c2n1. The molecule has 0 aliphatic rings. The van der Waals surface area contributed by atoms with Gasteiger partial charge in [-0.2, -0.15) is 0 Å². The third-order valence-electron chi connectivity index (χ3n) is 4.33. The molecule has 0 atom stereocenters. The first-order valence-corrected chi connectivity index (χ1v) is 9.15. The number of imidazole rings is 1. The summed E-state index contributed by atoms with van der Waals surface area (Å²) in [6.07, 6.45) is 4.48. The third kappa shape index (κ3) is 4.31. The second-order valence-corrected chi connectivity index (χ2v) is 6.56. The molecular formula is C21H23N3O4. The van der Waals surface area contributed by atoms with Gasteiger partial charge >= 0.3 is 5.97 Å². The summed E-state index contributed by atoms with van der Waals surface area (Å²) in [5, 5.41) is 9.08. The number of carboxylic acid groups (broad SMARTS) is 1. The van der Waals surface area contributed by atoms with Gasteiger partial charge in [-0.05, 0) is 37.1 Å². The Labute approximate surface area is 163 Å². The summed E-state index contributed by atoms with van der Waals surface area (Å²) in [4.78, 5) is 29.8. The number of carboxylic acids is 1. The van der Waals surface area contributed by atoms with Crippen LogP contribution < -0.4 is 4.74 Å².